The summed E-state index contributed by atoms with van der Waals surface area (Å²) in [6.07, 6.45) is 0.0648. The van der Waals surface area contributed by atoms with Gasteiger partial charge in [-0.25, -0.2) is 18.7 Å². The normalized spacial score (nSPS) is 10.6. The van der Waals surface area contributed by atoms with E-state index in [9.17, 15) is 14.0 Å². The molecule has 0 bridgehead atoms. The molecule has 3 aromatic rings. The second-order valence-corrected chi connectivity index (χ2v) is 6.19. The maximum Gasteiger partial charge on any atom is 0.378 e. The Morgan fingerprint density at radius 1 is 1.24 bits per heavy atom. The van der Waals surface area contributed by atoms with Crippen molar-refractivity contribution in [3.8, 4) is 6.07 Å². The van der Waals surface area contributed by atoms with E-state index in [1.54, 1.807) is 19.9 Å². The molecule has 0 aliphatic rings. The van der Waals surface area contributed by atoms with Crippen LogP contribution >= 0.6 is 0 Å². The largest absolute Gasteiger partial charge is 0.450 e. The van der Waals surface area contributed by atoms with E-state index in [0.29, 0.717) is 5.69 Å². The summed E-state index contributed by atoms with van der Waals surface area (Å²) in [5.74, 6) is -1.86. The van der Waals surface area contributed by atoms with Crippen LogP contribution in [0.4, 0.5) is 10.1 Å². The smallest absolute Gasteiger partial charge is 0.378 e. The maximum atomic E-state index is 13.1. The molecule has 29 heavy (non-hydrogen) atoms. The predicted octanol–water partition coefficient (Wildman–Crippen LogP) is 1.98. The van der Waals surface area contributed by atoms with Crippen molar-refractivity contribution in [2.24, 2.45) is 0 Å². The molecule has 0 saturated carbocycles. The molecule has 2 aromatic heterocycles. The Morgan fingerprint density at radius 3 is 2.66 bits per heavy atom. The molecule has 0 radical (unpaired) electrons. The van der Waals surface area contributed by atoms with Crippen LogP contribution in [0, 0.1) is 31.0 Å². The minimum absolute atomic E-state index is 0.0648. The Balaban J connectivity index is 1.72. The van der Waals surface area contributed by atoms with Gasteiger partial charge >= 0.3 is 5.97 Å². The van der Waals surface area contributed by atoms with Crippen LogP contribution < -0.4 is 4.90 Å². The number of benzene rings is 1. The van der Waals surface area contributed by atoms with Crippen molar-refractivity contribution in [2.45, 2.75) is 20.3 Å². The van der Waals surface area contributed by atoms with Gasteiger partial charge in [-0.2, -0.15) is 10.2 Å². The molecule has 0 unspecified atom stereocenters. The molecule has 0 aliphatic heterocycles. The Bertz CT molecular complexity index is 1100. The van der Waals surface area contributed by atoms with Gasteiger partial charge in [0.25, 0.3) is 17.5 Å². The molecule has 3 rings (SSSR count). The lowest BCUT2D eigenvalue weighted by Crippen LogP contribution is -2.35. The SMILES string of the molecule is Cc1cc(C)n2nc(C(=O)OCC(=O)N(CCC#N)c3ccc(F)cc3)nc2n1. The third kappa shape index (κ3) is 4.52. The number of carbonyl (C=O) groups is 2. The average molecular weight is 396 g/mol. The van der Waals surface area contributed by atoms with Crippen molar-refractivity contribution in [1.29, 1.82) is 5.26 Å². The molecule has 0 spiro atoms. The summed E-state index contributed by atoms with van der Waals surface area (Å²) >= 11 is 0. The number of fused-ring (bicyclic) bond motifs is 1. The second-order valence-electron chi connectivity index (χ2n) is 6.19. The summed E-state index contributed by atoms with van der Waals surface area (Å²) in [6, 6.07) is 8.95. The topological polar surface area (TPSA) is 113 Å². The van der Waals surface area contributed by atoms with Gasteiger partial charge in [-0.05, 0) is 44.2 Å². The summed E-state index contributed by atoms with van der Waals surface area (Å²) in [7, 11) is 0. The molecule has 0 fully saturated rings. The fourth-order valence-electron chi connectivity index (χ4n) is 2.70. The standard InChI is InChI=1S/C19H17FN6O3/c1-12-10-13(2)26-19(22-12)23-17(24-26)18(28)29-11-16(27)25(9-3-8-21)15-6-4-14(20)5-7-15/h4-7,10H,3,9,11H2,1-2H3. The zero-order chi connectivity index (χ0) is 21.0. The van der Waals surface area contributed by atoms with Crippen LogP contribution in [0.3, 0.4) is 0 Å². The number of amides is 1. The molecule has 148 valence electrons. The summed E-state index contributed by atoms with van der Waals surface area (Å²) in [6.45, 7) is 3.09. The van der Waals surface area contributed by atoms with Crippen molar-refractivity contribution < 1.29 is 18.7 Å². The minimum Gasteiger partial charge on any atom is -0.450 e. The summed E-state index contributed by atoms with van der Waals surface area (Å²) in [5, 5.41) is 12.9. The van der Waals surface area contributed by atoms with E-state index in [1.807, 2.05) is 6.07 Å². The van der Waals surface area contributed by atoms with E-state index in [2.05, 4.69) is 15.1 Å². The molecule has 0 aliphatic carbocycles. The predicted molar refractivity (Wildman–Crippen MR) is 99.5 cm³/mol. The maximum absolute atomic E-state index is 13.1. The van der Waals surface area contributed by atoms with Crippen LogP contribution in [0.5, 0.6) is 0 Å². The number of ether oxygens (including phenoxy) is 1. The number of nitrogens with zero attached hydrogens (tertiary/aromatic N) is 6. The molecule has 1 aromatic carbocycles. The van der Waals surface area contributed by atoms with Crippen LogP contribution in [0.25, 0.3) is 5.78 Å². The highest BCUT2D eigenvalue weighted by molar-refractivity contribution is 5.96. The molecular weight excluding hydrogens is 379 g/mol. The molecule has 10 heteroatoms. The van der Waals surface area contributed by atoms with Crippen molar-refractivity contribution in [2.75, 3.05) is 18.1 Å². The monoisotopic (exact) mass is 396 g/mol. The lowest BCUT2D eigenvalue weighted by atomic mass is 10.2. The molecule has 0 N–H and O–H groups in total. The number of hydrogen-bond acceptors (Lipinski definition) is 7. The van der Waals surface area contributed by atoms with Gasteiger partial charge < -0.3 is 9.64 Å². The first-order valence-electron chi connectivity index (χ1n) is 8.70. The van der Waals surface area contributed by atoms with Crippen LogP contribution in [0.2, 0.25) is 0 Å². The van der Waals surface area contributed by atoms with Crippen molar-refractivity contribution in [3.05, 3.63) is 53.4 Å². The van der Waals surface area contributed by atoms with Gasteiger partial charge in [-0.1, -0.05) is 0 Å². The quantitative estimate of drug-likeness (QED) is 0.585. The van der Waals surface area contributed by atoms with E-state index in [4.69, 9.17) is 10.00 Å². The number of hydrogen-bond donors (Lipinski definition) is 0. The fraction of sp³-hybridized carbons (Fsp3) is 0.263. The first-order valence-corrected chi connectivity index (χ1v) is 8.70. The highest BCUT2D eigenvalue weighted by atomic mass is 19.1. The minimum atomic E-state index is -0.875. The molecule has 9 nitrogen and oxygen atoms in total. The third-order valence-electron chi connectivity index (χ3n) is 4.01. The third-order valence-corrected chi connectivity index (χ3v) is 4.01. The van der Waals surface area contributed by atoms with Gasteiger partial charge in [0.15, 0.2) is 6.61 Å². The highest BCUT2D eigenvalue weighted by Crippen LogP contribution is 2.16. The number of halogens is 1. The molecule has 0 saturated heterocycles. The zero-order valence-corrected chi connectivity index (χ0v) is 15.8. The van der Waals surface area contributed by atoms with E-state index in [1.165, 1.54) is 33.7 Å². The van der Waals surface area contributed by atoms with Gasteiger partial charge in [0.1, 0.15) is 5.82 Å². The number of aromatic nitrogens is 4. The van der Waals surface area contributed by atoms with E-state index < -0.39 is 24.3 Å². The summed E-state index contributed by atoms with van der Waals surface area (Å²) in [5.41, 5.74) is 1.86. The Hall–Kier alpha value is -3.87. The van der Waals surface area contributed by atoms with Gasteiger partial charge in [-0.3, -0.25) is 4.79 Å². The van der Waals surface area contributed by atoms with E-state index >= 15 is 0 Å². The zero-order valence-electron chi connectivity index (χ0n) is 15.8. The van der Waals surface area contributed by atoms with Gasteiger partial charge in [-0.15, -0.1) is 5.10 Å². The number of nitriles is 1. The highest BCUT2D eigenvalue weighted by Gasteiger charge is 2.21. The first kappa shape index (κ1) is 19.9. The number of esters is 1. The van der Waals surface area contributed by atoms with Crippen molar-refractivity contribution >= 4 is 23.3 Å². The van der Waals surface area contributed by atoms with Crippen molar-refractivity contribution in [3.63, 3.8) is 0 Å². The molecule has 0 atom stereocenters. The summed E-state index contributed by atoms with van der Waals surface area (Å²) < 4.78 is 19.6. The Kier molecular flexibility index (Phi) is 5.78. The van der Waals surface area contributed by atoms with Crippen LogP contribution in [-0.2, 0) is 9.53 Å². The fourth-order valence-corrected chi connectivity index (χ4v) is 2.70. The molecule has 1 amide bonds. The first-order chi connectivity index (χ1) is 13.9. The average Bonchev–Trinajstić information content (AvgIpc) is 3.12. The lowest BCUT2D eigenvalue weighted by Gasteiger charge is -2.21. The Morgan fingerprint density at radius 2 is 1.97 bits per heavy atom. The number of carbonyl (C=O) groups excluding carboxylic acids is 2. The summed E-state index contributed by atoms with van der Waals surface area (Å²) in [4.78, 5) is 34.3. The number of rotatable bonds is 6. The van der Waals surface area contributed by atoms with E-state index in [-0.39, 0.29) is 24.6 Å². The van der Waals surface area contributed by atoms with E-state index in [0.717, 1.165) is 11.4 Å². The number of anilines is 1. The molecule has 2 heterocycles. The number of aryl methyl sites for hydroxylation is 2. The second kappa shape index (κ2) is 8.43. The molecular formula is C19H17FN6O3. The van der Waals surface area contributed by atoms with Crippen LogP contribution in [0.1, 0.15) is 28.4 Å². The van der Waals surface area contributed by atoms with Crippen molar-refractivity contribution in [1.82, 2.24) is 19.6 Å². The van der Waals surface area contributed by atoms with Gasteiger partial charge in [0, 0.05) is 23.6 Å². The van der Waals surface area contributed by atoms with Crippen LogP contribution in [-0.4, -0.2) is 44.6 Å². The lowest BCUT2D eigenvalue weighted by molar-refractivity contribution is -0.121. The van der Waals surface area contributed by atoms with Gasteiger partial charge in [0.05, 0.1) is 12.5 Å². The van der Waals surface area contributed by atoms with Gasteiger partial charge in [0.2, 0.25) is 0 Å². The van der Waals surface area contributed by atoms with Crippen LogP contribution in [0.15, 0.2) is 30.3 Å². The Labute approximate surface area is 165 Å².